The van der Waals surface area contributed by atoms with E-state index in [4.69, 9.17) is 10.2 Å². The molecule has 0 unspecified atom stereocenters. The molecule has 4 heteroatoms. The Kier molecular flexibility index (Phi) is 6.07. The lowest BCUT2D eigenvalue weighted by atomic mass is 9.73. The minimum Gasteiger partial charge on any atom is -0.450 e. The Morgan fingerprint density at radius 2 is 1.88 bits per heavy atom. The first-order valence-corrected chi connectivity index (χ1v) is 9.16. The highest BCUT2D eigenvalue weighted by molar-refractivity contribution is 5.81. The lowest BCUT2D eigenvalue weighted by Crippen LogP contribution is -2.45. The molecule has 1 N–H and O–H groups in total. The molecule has 4 nitrogen and oxygen atoms in total. The van der Waals surface area contributed by atoms with Gasteiger partial charge in [0.05, 0.1) is 6.54 Å². The van der Waals surface area contributed by atoms with Crippen LogP contribution in [0.1, 0.15) is 57.0 Å². The summed E-state index contributed by atoms with van der Waals surface area (Å²) in [4.78, 5) is 13.9. The Hall–Kier alpha value is -1.83. The fourth-order valence-corrected chi connectivity index (χ4v) is 3.40. The average Bonchev–Trinajstić information content (AvgIpc) is 2.69. The molecule has 0 saturated heterocycles. The van der Waals surface area contributed by atoms with E-state index < -0.39 is 24.6 Å². The van der Waals surface area contributed by atoms with Gasteiger partial charge in [-0.05, 0) is 31.4 Å². The van der Waals surface area contributed by atoms with Crippen molar-refractivity contribution >= 4 is 5.97 Å². The van der Waals surface area contributed by atoms with E-state index in [2.05, 4.69) is 11.8 Å². The predicted molar refractivity (Wildman–Crippen MR) is 103 cm³/mol. The monoisotopic (exact) mass is 361 g/mol. The first-order valence-electron chi connectivity index (χ1n) is 11.2. The van der Waals surface area contributed by atoms with Gasteiger partial charge in [-0.1, -0.05) is 75.3 Å². The van der Waals surface area contributed by atoms with Crippen LogP contribution in [-0.2, 0) is 15.1 Å². The van der Waals surface area contributed by atoms with Crippen LogP contribution in [0.15, 0.2) is 30.3 Å². The summed E-state index contributed by atoms with van der Waals surface area (Å²) in [6, 6.07) is 8.84. The molecular weight excluding hydrogens is 326 g/mol. The highest BCUT2D eigenvalue weighted by atomic mass is 16.5. The van der Waals surface area contributed by atoms with Crippen LogP contribution in [-0.4, -0.2) is 42.1 Å². The maximum atomic E-state index is 12.9. The van der Waals surface area contributed by atoms with Crippen LogP contribution in [0.5, 0.6) is 0 Å². The van der Waals surface area contributed by atoms with E-state index in [-0.39, 0.29) is 19.1 Å². The minimum absolute atomic E-state index is 0.157. The van der Waals surface area contributed by atoms with E-state index in [1.54, 1.807) is 24.3 Å². The van der Waals surface area contributed by atoms with E-state index in [1.807, 2.05) is 6.07 Å². The third-order valence-electron chi connectivity index (χ3n) is 4.90. The Morgan fingerprint density at radius 1 is 1.23 bits per heavy atom. The first-order chi connectivity index (χ1) is 14.0. The summed E-state index contributed by atoms with van der Waals surface area (Å²) in [5.74, 6) is 4.35. The van der Waals surface area contributed by atoms with Crippen LogP contribution in [0.2, 0.25) is 0 Å². The quantitative estimate of drug-likeness (QED) is 0.598. The zero-order valence-electron chi connectivity index (χ0n) is 19.6. The number of ether oxygens (including phenoxy) is 1. The molecule has 1 fully saturated rings. The lowest BCUT2D eigenvalue weighted by Gasteiger charge is -2.36. The van der Waals surface area contributed by atoms with Crippen LogP contribution in [0.4, 0.5) is 0 Å². The maximum Gasteiger partial charge on any atom is 0.344 e. The highest BCUT2D eigenvalue weighted by Gasteiger charge is 2.46. The first kappa shape index (κ1) is 15.2. The second kappa shape index (κ2) is 10.4. The number of carbonyl (C=O) groups is 1. The largest absolute Gasteiger partial charge is 0.450 e. The third kappa shape index (κ3) is 5.09. The van der Waals surface area contributed by atoms with Gasteiger partial charge in [0, 0.05) is 11.4 Å². The van der Waals surface area contributed by atoms with E-state index in [0.29, 0.717) is 5.56 Å². The number of aliphatic hydroxyl groups is 1. The second-order valence-electron chi connectivity index (χ2n) is 6.43. The van der Waals surface area contributed by atoms with Gasteiger partial charge in [0.15, 0.2) is 12.2 Å². The van der Waals surface area contributed by atoms with Crippen LogP contribution in [0.25, 0.3) is 0 Å². The minimum atomic E-state index is -1.89. The van der Waals surface area contributed by atoms with Crippen molar-refractivity contribution in [3.63, 3.8) is 0 Å². The molecule has 1 aromatic rings. The smallest absolute Gasteiger partial charge is 0.344 e. The molecule has 1 aliphatic carbocycles. The van der Waals surface area contributed by atoms with Gasteiger partial charge in [0.25, 0.3) is 0 Å². The van der Waals surface area contributed by atoms with Crippen LogP contribution >= 0.6 is 0 Å². The number of carbonyl (C=O) groups excluding carboxylic acids is 1. The molecule has 0 heterocycles. The lowest BCUT2D eigenvalue weighted by molar-refractivity contribution is -0.174. The van der Waals surface area contributed by atoms with Gasteiger partial charge < -0.3 is 9.84 Å². The van der Waals surface area contributed by atoms with Gasteiger partial charge in [0.1, 0.15) is 0 Å². The van der Waals surface area contributed by atoms with Gasteiger partial charge in [0.2, 0.25) is 0 Å². The van der Waals surface area contributed by atoms with Crippen molar-refractivity contribution in [3.8, 4) is 11.8 Å². The van der Waals surface area contributed by atoms with Crippen molar-refractivity contribution in [3.05, 3.63) is 35.9 Å². The zero-order chi connectivity index (χ0) is 22.4. The van der Waals surface area contributed by atoms with Crippen LogP contribution < -0.4 is 0 Å². The van der Waals surface area contributed by atoms with E-state index in [9.17, 15) is 9.90 Å². The van der Waals surface area contributed by atoms with E-state index in [0.717, 1.165) is 37.0 Å². The molecule has 0 bridgehead atoms. The number of rotatable bonds is 7. The van der Waals surface area contributed by atoms with Crippen molar-refractivity contribution in [2.24, 2.45) is 5.92 Å². The molecule has 142 valence electrons. The fourth-order valence-electron chi connectivity index (χ4n) is 3.40. The SMILES string of the molecule is [2H]C([2H])(C)N(CC#CCOC(=O)[C@@](O)(c1ccccc1)C1CCCCC1)C([2H])([2H])C. The molecule has 2 rings (SSSR count). The van der Waals surface area contributed by atoms with Crippen molar-refractivity contribution < 1.29 is 20.1 Å². The zero-order valence-corrected chi connectivity index (χ0v) is 15.6. The van der Waals surface area contributed by atoms with Crippen molar-refractivity contribution in [1.29, 1.82) is 0 Å². The Morgan fingerprint density at radius 3 is 2.50 bits per heavy atom. The Labute approximate surface area is 163 Å². The molecule has 1 aromatic carbocycles. The summed E-state index contributed by atoms with van der Waals surface area (Å²) in [6.45, 7) is -1.67. The molecule has 0 amide bonds. The molecule has 0 radical (unpaired) electrons. The van der Waals surface area contributed by atoms with E-state index in [1.165, 1.54) is 13.8 Å². The predicted octanol–water partition coefficient (Wildman–Crippen LogP) is 3.34. The van der Waals surface area contributed by atoms with Gasteiger partial charge in [-0.2, -0.15) is 0 Å². The molecule has 0 spiro atoms. The normalized spacial score (nSPS) is 20.6. The number of hydrogen-bond donors (Lipinski definition) is 1. The van der Waals surface area contributed by atoms with Gasteiger partial charge in [-0.25, -0.2) is 4.79 Å². The summed E-state index contributed by atoms with van der Waals surface area (Å²) >= 11 is 0. The highest BCUT2D eigenvalue weighted by Crippen LogP contribution is 2.40. The van der Waals surface area contributed by atoms with Crippen molar-refractivity contribution in [1.82, 2.24) is 4.90 Å². The standard InChI is InChI=1S/C22H31NO3/c1-3-23(4-2)17-11-12-18-26-21(24)22(25,19-13-7-5-8-14-19)20-15-9-6-10-16-20/h5,7-8,13-14,20,25H,3-4,6,9-10,15-18H2,1-2H3/t22-/m1/s1/i3D2,4D2. The van der Waals surface area contributed by atoms with Gasteiger partial charge in [-0.3, -0.25) is 4.90 Å². The summed E-state index contributed by atoms with van der Waals surface area (Å²) in [5, 5.41) is 11.4. The average molecular weight is 362 g/mol. The fraction of sp³-hybridized carbons (Fsp3) is 0.591. The van der Waals surface area contributed by atoms with E-state index >= 15 is 0 Å². The van der Waals surface area contributed by atoms with Gasteiger partial charge >= 0.3 is 5.97 Å². The van der Waals surface area contributed by atoms with Crippen LogP contribution in [0, 0.1) is 17.8 Å². The molecule has 0 aromatic heterocycles. The maximum absolute atomic E-state index is 12.9. The molecule has 1 saturated carbocycles. The van der Waals surface area contributed by atoms with Gasteiger partial charge in [-0.15, -0.1) is 0 Å². The second-order valence-corrected chi connectivity index (χ2v) is 6.43. The molecule has 0 aliphatic heterocycles. The Bertz CT molecular complexity index is 745. The number of nitrogens with zero attached hydrogens (tertiary/aromatic N) is 1. The molecular formula is C22H31NO3. The molecule has 1 aliphatic rings. The summed E-state index contributed by atoms with van der Waals surface area (Å²) in [5.41, 5.74) is -1.21. The van der Waals surface area contributed by atoms with Crippen LogP contribution in [0.3, 0.4) is 0 Å². The topological polar surface area (TPSA) is 49.8 Å². The summed E-state index contributed by atoms with van der Waals surface area (Å²) < 4.78 is 36.3. The van der Waals surface area contributed by atoms with Crippen molar-refractivity contribution in [2.75, 3.05) is 26.1 Å². The molecule has 26 heavy (non-hydrogen) atoms. The number of hydrogen-bond acceptors (Lipinski definition) is 4. The Balaban J connectivity index is 2.08. The summed E-state index contributed by atoms with van der Waals surface area (Å²) in [7, 11) is 0. The van der Waals surface area contributed by atoms with Crippen molar-refractivity contribution in [2.45, 2.75) is 51.6 Å². The third-order valence-corrected chi connectivity index (χ3v) is 4.90. The number of benzene rings is 1. The molecule has 1 atom stereocenters. The summed E-state index contributed by atoms with van der Waals surface area (Å²) in [6.07, 6.45) is 4.51. The number of esters is 1.